The zero-order valence-electron chi connectivity index (χ0n) is 15.2. The van der Waals surface area contributed by atoms with E-state index < -0.39 is 12.1 Å². The van der Waals surface area contributed by atoms with Crippen molar-refractivity contribution in [2.24, 2.45) is 0 Å². The van der Waals surface area contributed by atoms with Gasteiger partial charge >= 0.3 is 6.03 Å². The van der Waals surface area contributed by atoms with E-state index >= 15 is 0 Å². The molecule has 0 bridgehead atoms. The number of anilines is 1. The van der Waals surface area contributed by atoms with Crippen LogP contribution in [0.3, 0.4) is 0 Å². The van der Waals surface area contributed by atoms with Crippen LogP contribution < -0.4 is 10.6 Å². The molecule has 0 spiro atoms. The Bertz CT molecular complexity index is 771. The number of nitrogens with one attached hydrogen (secondary N) is 2. The number of ketones is 1. The van der Waals surface area contributed by atoms with E-state index in [1.54, 1.807) is 38.4 Å². The number of nitrogens with zero attached hydrogens (tertiary/aromatic N) is 1. The van der Waals surface area contributed by atoms with Crippen molar-refractivity contribution < 1.29 is 14.4 Å². The minimum absolute atomic E-state index is 0.0349. The fourth-order valence-electron chi connectivity index (χ4n) is 2.41. The van der Waals surface area contributed by atoms with Crippen molar-refractivity contribution >= 4 is 23.4 Å². The molecule has 6 nitrogen and oxygen atoms in total. The Morgan fingerprint density at radius 1 is 0.962 bits per heavy atom. The normalized spacial score (nSPS) is 11.3. The average Bonchev–Trinajstić information content (AvgIpc) is 2.62. The number of rotatable bonds is 6. The summed E-state index contributed by atoms with van der Waals surface area (Å²) in [7, 11) is 3.36. The van der Waals surface area contributed by atoms with E-state index in [0.29, 0.717) is 11.3 Å². The highest BCUT2D eigenvalue weighted by atomic mass is 16.2. The van der Waals surface area contributed by atoms with Crippen LogP contribution in [0.5, 0.6) is 0 Å². The van der Waals surface area contributed by atoms with Gasteiger partial charge in [-0.25, -0.2) is 4.79 Å². The average molecular weight is 353 g/mol. The van der Waals surface area contributed by atoms with Crippen LogP contribution in [-0.4, -0.2) is 36.7 Å². The first-order valence-electron chi connectivity index (χ1n) is 8.30. The summed E-state index contributed by atoms with van der Waals surface area (Å²) >= 11 is 0. The Balaban J connectivity index is 2.07. The molecule has 136 valence electrons. The molecule has 0 aliphatic heterocycles. The van der Waals surface area contributed by atoms with Gasteiger partial charge in [0.05, 0.1) is 12.5 Å². The van der Waals surface area contributed by atoms with Crippen molar-refractivity contribution in [2.45, 2.75) is 19.4 Å². The standard InChI is InChI=1S/C20H23N3O3/c1-14(24)15-9-11-17(12-10-15)21-20(26)22-18(13-19(25)23(2)3)16-7-5-4-6-8-16/h4-12,18H,13H2,1-3H3,(H2,21,22,26). The summed E-state index contributed by atoms with van der Waals surface area (Å²) in [6, 6.07) is 15.1. The predicted octanol–water partition coefficient (Wildman–Crippen LogP) is 3.23. The number of hydrogen-bond donors (Lipinski definition) is 2. The quantitative estimate of drug-likeness (QED) is 0.783. The maximum atomic E-state index is 12.4. The number of urea groups is 1. The van der Waals surface area contributed by atoms with Gasteiger partial charge in [0.15, 0.2) is 5.78 Å². The number of amides is 3. The third kappa shape index (κ3) is 5.44. The van der Waals surface area contributed by atoms with Crippen molar-refractivity contribution in [2.75, 3.05) is 19.4 Å². The highest BCUT2D eigenvalue weighted by Gasteiger charge is 2.19. The topological polar surface area (TPSA) is 78.5 Å². The van der Waals surface area contributed by atoms with Gasteiger partial charge in [0.25, 0.3) is 0 Å². The highest BCUT2D eigenvalue weighted by Crippen LogP contribution is 2.18. The maximum Gasteiger partial charge on any atom is 0.319 e. The van der Waals surface area contributed by atoms with Crippen LogP contribution in [0.2, 0.25) is 0 Å². The molecule has 0 aliphatic carbocycles. The first-order chi connectivity index (χ1) is 12.4. The van der Waals surface area contributed by atoms with Gasteiger partial charge in [0, 0.05) is 25.3 Å². The molecule has 1 unspecified atom stereocenters. The third-order valence-corrected chi connectivity index (χ3v) is 3.93. The molecule has 0 fully saturated rings. The van der Waals surface area contributed by atoms with Gasteiger partial charge in [-0.15, -0.1) is 0 Å². The van der Waals surface area contributed by atoms with Gasteiger partial charge in [-0.3, -0.25) is 9.59 Å². The molecule has 0 radical (unpaired) electrons. The molecule has 2 aromatic rings. The summed E-state index contributed by atoms with van der Waals surface area (Å²) in [5.41, 5.74) is 2.00. The van der Waals surface area contributed by atoms with Crippen molar-refractivity contribution in [3.8, 4) is 0 Å². The lowest BCUT2D eigenvalue weighted by molar-refractivity contribution is -0.129. The van der Waals surface area contributed by atoms with Crippen LogP contribution >= 0.6 is 0 Å². The Kier molecular flexibility index (Phi) is 6.49. The maximum absolute atomic E-state index is 12.4. The first-order valence-corrected chi connectivity index (χ1v) is 8.30. The van der Waals surface area contributed by atoms with E-state index in [1.807, 2.05) is 30.3 Å². The predicted molar refractivity (Wildman–Crippen MR) is 101 cm³/mol. The minimum Gasteiger partial charge on any atom is -0.349 e. The highest BCUT2D eigenvalue weighted by molar-refractivity contribution is 5.95. The Hall–Kier alpha value is -3.15. The molecule has 2 rings (SSSR count). The number of carbonyl (C=O) groups is 3. The van der Waals surface area contributed by atoms with Crippen LogP contribution in [0.1, 0.15) is 35.3 Å². The molecule has 2 N–H and O–H groups in total. The Morgan fingerprint density at radius 3 is 2.12 bits per heavy atom. The van der Waals surface area contributed by atoms with Crippen LogP contribution in [0.4, 0.5) is 10.5 Å². The van der Waals surface area contributed by atoms with Gasteiger partial charge in [-0.05, 0) is 36.8 Å². The first kappa shape index (κ1) is 19.2. The van der Waals surface area contributed by atoms with Crippen LogP contribution in [0.15, 0.2) is 54.6 Å². The second-order valence-corrected chi connectivity index (χ2v) is 6.19. The second-order valence-electron chi connectivity index (χ2n) is 6.19. The summed E-state index contributed by atoms with van der Waals surface area (Å²) < 4.78 is 0. The molecule has 0 aromatic heterocycles. The van der Waals surface area contributed by atoms with Gasteiger partial charge in [-0.1, -0.05) is 30.3 Å². The van der Waals surface area contributed by atoms with Gasteiger partial charge in [0.1, 0.15) is 0 Å². The van der Waals surface area contributed by atoms with Crippen molar-refractivity contribution in [1.82, 2.24) is 10.2 Å². The largest absolute Gasteiger partial charge is 0.349 e. The summed E-state index contributed by atoms with van der Waals surface area (Å²) in [5.74, 6) is -0.114. The monoisotopic (exact) mass is 353 g/mol. The lowest BCUT2D eigenvalue weighted by atomic mass is 10.0. The van der Waals surface area contributed by atoms with Gasteiger partial charge < -0.3 is 15.5 Å². The van der Waals surface area contributed by atoms with E-state index in [4.69, 9.17) is 0 Å². The molecule has 6 heteroatoms. The van der Waals surface area contributed by atoms with Gasteiger partial charge in [-0.2, -0.15) is 0 Å². The lowest BCUT2D eigenvalue weighted by Gasteiger charge is -2.21. The van der Waals surface area contributed by atoms with Crippen molar-refractivity contribution in [3.63, 3.8) is 0 Å². The fraction of sp³-hybridized carbons (Fsp3) is 0.250. The van der Waals surface area contributed by atoms with Crippen molar-refractivity contribution in [1.29, 1.82) is 0 Å². The SMILES string of the molecule is CC(=O)c1ccc(NC(=O)NC(CC(=O)N(C)C)c2ccccc2)cc1. The molecular formula is C20H23N3O3. The van der Waals surface area contributed by atoms with E-state index in [9.17, 15) is 14.4 Å². The summed E-state index contributed by atoms with van der Waals surface area (Å²) in [5, 5.41) is 5.56. The Labute approximate surface area is 153 Å². The van der Waals surface area contributed by atoms with E-state index in [1.165, 1.54) is 11.8 Å². The Morgan fingerprint density at radius 2 is 1.58 bits per heavy atom. The molecule has 1 atom stereocenters. The zero-order valence-corrected chi connectivity index (χ0v) is 15.2. The van der Waals surface area contributed by atoms with Gasteiger partial charge in [0.2, 0.25) is 5.91 Å². The minimum atomic E-state index is -0.442. The number of Topliss-reactive ketones (excluding diaryl/α,β-unsaturated/α-hetero) is 1. The van der Waals surface area contributed by atoms with E-state index in [2.05, 4.69) is 10.6 Å². The smallest absolute Gasteiger partial charge is 0.319 e. The molecule has 0 aliphatic rings. The summed E-state index contributed by atoms with van der Waals surface area (Å²) in [4.78, 5) is 37.2. The molecule has 0 heterocycles. The van der Waals surface area contributed by atoms with Crippen molar-refractivity contribution in [3.05, 3.63) is 65.7 Å². The van der Waals surface area contributed by atoms with Crippen LogP contribution in [0, 0.1) is 0 Å². The second kappa shape index (κ2) is 8.80. The lowest BCUT2D eigenvalue weighted by Crippen LogP contribution is -2.36. The van der Waals surface area contributed by atoms with E-state index in [-0.39, 0.29) is 18.1 Å². The number of carbonyl (C=O) groups excluding carboxylic acids is 3. The summed E-state index contributed by atoms with van der Waals surface area (Å²) in [6.07, 6.45) is 0.160. The molecular weight excluding hydrogens is 330 g/mol. The third-order valence-electron chi connectivity index (χ3n) is 3.93. The number of hydrogen-bond acceptors (Lipinski definition) is 3. The molecule has 2 aromatic carbocycles. The summed E-state index contributed by atoms with van der Waals surface area (Å²) in [6.45, 7) is 1.49. The number of benzene rings is 2. The van der Waals surface area contributed by atoms with E-state index in [0.717, 1.165) is 5.56 Å². The van der Waals surface area contributed by atoms with Crippen LogP contribution in [-0.2, 0) is 4.79 Å². The molecule has 0 saturated heterocycles. The van der Waals surface area contributed by atoms with Crippen LogP contribution in [0.25, 0.3) is 0 Å². The molecule has 3 amide bonds. The zero-order chi connectivity index (χ0) is 19.1. The molecule has 26 heavy (non-hydrogen) atoms. The fourth-order valence-corrected chi connectivity index (χ4v) is 2.41. The molecule has 0 saturated carbocycles.